The van der Waals surface area contributed by atoms with Crippen molar-refractivity contribution in [1.82, 2.24) is 19.6 Å². The van der Waals surface area contributed by atoms with Crippen LogP contribution < -0.4 is 10.1 Å². The number of likely N-dealkylation sites (tertiary alicyclic amines) is 1. The summed E-state index contributed by atoms with van der Waals surface area (Å²) in [7, 11) is 3.63. The summed E-state index contributed by atoms with van der Waals surface area (Å²) in [4.78, 5) is 19.4. The average molecular weight is 392 g/mol. The van der Waals surface area contributed by atoms with Gasteiger partial charge >= 0.3 is 0 Å². The number of carbonyl (C=O) groups is 1. The van der Waals surface area contributed by atoms with Gasteiger partial charge in [0.1, 0.15) is 22.7 Å². The molecule has 1 atom stereocenters. The first-order chi connectivity index (χ1) is 14.0. The van der Waals surface area contributed by atoms with Crippen molar-refractivity contribution in [1.29, 1.82) is 0 Å². The van der Waals surface area contributed by atoms with Crippen LogP contribution in [0.3, 0.4) is 0 Å². The van der Waals surface area contributed by atoms with Gasteiger partial charge in [-0.2, -0.15) is 0 Å². The van der Waals surface area contributed by atoms with Gasteiger partial charge in [-0.15, -0.1) is 0 Å². The number of rotatable bonds is 5. The highest BCUT2D eigenvalue weighted by atomic mass is 16.5. The molecule has 1 aliphatic carbocycles. The van der Waals surface area contributed by atoms with E-state index in [2.05, 4.69) is 34.4 Å². The van der Waals surface area contributed by atoms with Crippen LogP contribution >= 0.6 is 0 Å². The zero-order chi connectivity index (χ0) is 20.1. The van der Waals surface area contributed by atoms with Crippen molar-refractivity contribution in [2.24, 2.45) is 0 Å². The molecular formula is C22H24N4O3. The van der Waals surface area contributed by atoms with E-state index in [0.717, 1.165) is 42.7 Å². The molecule has 1 saturated heterocycles. The van der Waals surface area contributed by atoms with E-state index in [9.17, 15) is 9.90 Å². The Morgan fingerprint density at radius 1 is 1.28 bits per heavy atom. The molecule has 2 N–H and O–H groups in total. The number of ether oxygens (including phenoxy) is 1. The highest BCUT2D eigenvalue weighted by Crippen LogP contribution is 2.36. The minimum atomic E-state index is -0.305. The van der Waals surface area contributed by atoms with E-state index in [-0.39, 0.29) is 23.3 Å². The van der Waals surface area contributed by atoms with Crippen molar-refractivity contribution < 1.29 is 14.6 Å². The van der Waals surface area contributed by atoms with Crippen molar-refractivity contribution >= 4 is 11.6 Å². The number of aromatic hydroxyl groups is 1. The molecule has 1 aliphatic heterocycles. The maximum Gasteiger partial charge on any atom is 0.259 e. The standard InChI is InChI=1S/C22H24N4O3/c1-25-7-6-16(25)13-5-8-26-17(12-23-20(26)11-13)14-9-18(27)21(19(10-14)29-2)22(28)24-15-3-4-15/h5,8-12,15-16,27H,3-4,6-7H2,1-2H3,(H,24,28). The SMILES string of the molecule is COc1cc(-c2cnc3cc(C4CCN4C)ccn23)cc(O)c1C(=O)NC1CC1. The molecule has 0 bridgehead atoms. The Labute approximate surface area is 168 Å². The van der Waals surface area contributed by atoms with Crippen LogP contribution in [0.4, 0.5) is 0 Å². The van der Waals surface area contributed by atoms with Gasteiger partial charge < -0.3 is 15.2 Å². The van der Waals surface area contributed by atoms with Crippen LogP contribution in [0.25, 0.3) is 16.9 Å². The van der Waals surface area contributed by atoms with E-state index >= 15 is 0 Å². The lowest BCUT2D eigenvalue weighted by atomic mass is 9.96. The number of hydrogen-bond acceptors (Lipinski definition) is 5. The van der Waals surface area contributed by atoms with Crippen molar-refractivity contribution in [3.8, 4) is 22.8 Å². The largest absolute Gasteiger partial charge is 0.507 e. The molecule has 1 amide bonds. The number of hydrogen-bond donors (Lipinski definition) is 2. The van der Waals surface area contributed by atoms with Gasteiger partial charge in [0.2, 0.25) is 0 Å². The van der Waals surface area contributed by atoms with E-state index in [0.29, 0.717) is 11.8 Å². The summed E-state index contributed by atoms with van der Waals surface area (Å²) in [5.74, 6) is -0.0539. The molecule has 0 radical (unpaired) electrons. The molecule has 2 fully saturated rings. The van der Waals surface area contributed by atoms with Gasteiger partial charge in [0.15, 0.2) is 0 Å². The predicted molar refractivity (Wildman–Crippen MR) is 109 cm³/mol. The summed E-state index contributed by atoms with van der Waals surface area (Å²) < 4.78 is 7.42. The third kappa shape index (κ3) is 3.11. The maximum absolute atomic E-state index is 12.5. The third-order valence-electron chi connectivity index (χ3n) is 5.95. The number of imidazole rings is 1. The summed E-state index contributed by atoms with van der Waals surface area (Å²) in [6.45, 7) is 1.12. The Bertz CT molecular complexity index is 1100. The van der Waals surface area contributed by atoms with Crippen LogP contribution in [0.2, 0.25) is 0 Å². The Kier molecular flexibility index (Phi) is 4.20. The molecule has 2 aromatic heterocycles. The summed E-state index contributed by atoms with van der Waals surface area (Å²) in [6.07, 6.45) is 6.91. The van der Waals surface area contributed by atoms with Crippen LogP contribution in [-0.4, -0.2) is 52.0 Å². The van der Waals surface area contributed by atoms with Crippen LogP contribution in [-0.2, 0) is 0 Å². The number of nitrogens with one attached hydrogen (secondary N) is 1. The molecule has 7 heteroatoms. The van der Waals surface area contributed by atoms with E-state index in [1.807, 2.05) is 10.6 Å². The number of amides is 1. The molecule has 1 aromatic carbocycles. The fourth-order valence-corrected chi connectivity index (χ4v) is 3.98. The van der Waals surface area contributed by atoms with E-state index in [4.69, 9.17) is 4.74 Å². The summed E-state index contributed by atoms with van der Waals surface area (Å²) in [5, 5.41) is 13.5. The first-order valence-electron chi connectivity index (χ1n) is 9.94. The Morgan fingerprint density at radius 2 is 2.10 bits per heavy atom. The number of benzene rings is 1. The van der Waals surface area contributed by atoms with Crippen molar-refractivity contribution in [2.45, 2.75) is 31.3 Å². The maximum atomic E-state index is 12.5. The highest BCUT2D eigenvalue weighted by Gasteiger charge is 2.28. The first-order valence-corrected chi connectivity index (χ1v) is 9.94. The predicted octanol–water partition coefficient (Wildman–Crippen LogP) is 2.98. The first kappa shape index (κ1) is 18.0. The molecule has 2 aliphatic rings. The normalized spacial score (nSPS) is 19.2. The average Bonchev–Trinajstić information content (AvgIpc) is 3.41. The highest BCUT2D eigenvalue weighted by molar-refractivity contribution is 6.00. The molecule has 1 unspecified atom stereocenters. The van der Waals surface area contributed by atoms with Crippen LogP contribution in [0.15, 0.2) is 36.7 Å². The van der Waals surface area contributed by atoms with E-state index in [1.165, 1.54) is 12.7 Å². The number of fused-ring (bicyclic) bond motifs is 1. The Hall–Kier alpha value is -3.06. The minimum Gasteiger partial charge on any atom is -0.507 e. The topological polar surface area (TPSA) is 79.1 Å². The zero-order valence-electron chi connectivity index (χ0n) is 16.6. The lowest BCUT2D eigenvalue weighted by Crippen LogP contribution is -2.37. The monoisotopic (exact) mass is 392 g/mol. The second-order valence-corrected chi connectivity index (χ2v) is 7.94. The summed E-state index contributed by atoms with van der Waals surface area (Å²) in [6, 6.07) is 8.26. The molecule has 150 valence electrons. The van der Waals surface area contributed by atoms with Crippen molar-refractivity contribution in [3.05, 3.63) is 47.8 Å². The van der Waals surface area contributed by atoms with Gasteiger partial charge in [0.05, 0.1) is 19.0 Å². The number of methoxy groups -OCH3 is 1. The van der Waals surface area contributed by atoms with Crippen LogP contribution in [0.5, 0.6) is 11.5 Å². The number of carbonyl (C=O) groups excluding carboxylic acids is 1. The van der Waals surface area contributed by atoms with Crippen molar-refractivity contribution in [3.63, 3.8) is 0 Å². The zero-order valence-corrected chi connectivity index (χ0v) is 16.6. The van der Waals surface area contributed by atoms with Gasteiger partial charge in [-0.1, -0.05) is 0 Å². The van der Waals surface area contributed by atoms with Gasteiger partial charge in [-0.3, -0.25) is 14.1 Å². The Morgan fingerprint density at radius 3 is 2.76 bits per heavy atom. The number of nitrogens with zero attached hydrogens (tertiary/aromatic N) is 3. The quantitative estimate of drug-likeness (QED) is 0.698. The molecule has 29 heavy (non-hydrogen) atoms. The van der Waals surface area contributed by atoms with Gasteiger partial charge in [-0.05, 0) is 56.1 Å². The van der Waals surface area contributed by atoms with Gasteiger partial charge in [0, 0.05) is 30.4 Å². The number of aromatic nitrogens is 2. The molecule has 0 spiro atoms. The Balaban J connectivity index is 1.52. The van der Waals surface area contributed by atoms with E-state index in [1.54, 1.807) is 18.3 Å². The molecule has 1 saturated carbocycles. The second kappa shape index (κ2) is 6.77. The van der Waals surface area contributed by atoms with E-state index < -0.39 is 0 Å². The molecule has 3 heterocycles. The third-order valence-corrected chi connectivity index (χ3v) is 5.95. The van der Waals surface area contributed by atoms with Crippen LogP contribution in [0, 0.1) is 0 Å². The fraction of sp³-hybridized carbons (Fsp3) is 0.364. The lowest BCUT2D eigenvalue weighted by molar-refractivity contribution is 0.0945. The van der Waals surface area contributed by atoms with Gasteiger partial charge in [0.25, 0.3) is 5.91 Å². The lowest BCUT2D eigenvalue weighted by Gasteiger charge is -2.38. The van der Waals surface area contributed by atoms with Crippen LogP contribution in [0.1, 0.15) is 41.2 Å². The summed E-state index contributed by atoms with van der Waals surface area (Å²) in [5.41, 5.74) is 3.86. The second-order valence-electron chi connectivity index (χ2n) is 7.94. The minimum absolute atomic E-state index is 0.0971. The molecule has 3 aromatic rings. The van der Waals surface area contributed by atoms with Gasteiger partial charge in [-0.25, -0.2) is 4.98 Å². The molecular weight excluding hydrogens is 368 g/mol. The number of phenols is 1. The molecule has 7 nitrogen and oxygen atoms in total. The summed E-state index contributed by atoms with van der Waals surface area (Å²) >= 11 is 0. The smallest absolute Gasteiger partial charge is 0.259 e. The molecule has 5 rings (SSSR count). The van der Waals surface area contributed by atoms with Crippen molar-refractivity contribution in [2.75, 3.05) is 20.7 Å². The number of pyridine rings is 1. The fourth-order valence-electron chi connectivity index (χ4n) is 3.98. The number of phenolic OH excluding ortho intramolecular Hbond substituents is 1.